The van der Waals surface area contributed by atoms with E-state index in [1.54, 1.807) is 0 Å². The topological polar surface area (TPSA) is 87.2 Å². The maximum atomic E-state index is 13.2. The highest BCUT2D eigenvalue weighted by atomic mass is 35.5. The number of amides is 1. The zero-order valence-electron chi connectivity index (χ0n) is 21.3. The molecule has 0 spiro atoms. The van der Waals surface area contributed by atoms with Gasteiger partial charge in [0.05, 0.1) is 29.4 Å². The van der Waals surface area contributed by atoms with Crippen molar-refractivity contribution >= 4 is 46.6 Å². The van der Waals surface area contributed by atoms with Crippen LogP contribution in [-0.2, 0) is 25.3 Å². The highest BCUT2D eigenvalue weighted by Crippen LogP contribution is 2.32. The van der Waals surface area contributed by atoms with E-state index in [-0.39, 0.29) is 24.5 Å². The van der Waals surface area contributed by atoms with Crippen molar-refractivity contribution in [2.75, 3.05) is 25.4 Å². The maximum absolute atomic E-state index is 13.2. The predicted molar refractivity (Wildman–Crippen MR) is 149 cm³/mol. The van der Waals surface area contributed by atoms with Gasteiger partial charge in [0.1, 0.15) is 6.10 Å². The largest absolute Gasteiger partial charge is 0.483 e. The van der Waals surface area contributed by atoms with Gasteiger partial charge in [0.25, 0.3) is 12.4 Å². The van der Waals surface area contributed by atoms with Gasteiger partial charge in [0, 0.05) is 29.2 Å². The van der Waals surface area contributed by atoms with Gasteiger partial charge in [-0.05, 0) is 55.5 Å². The van der Waals surface area contributed by atoms with E-state index in [9.17, 15) is 9.00 Å². The fraction of sp³-hybridized carbons (Fsp3) is 0.481. The van der Waals surface area contributed by atoms with Crippen LogP contribution in [0.2, 0.25) is 10.0 Å². The number of rotatable bonds is 7. The van der Waals surface area contributed by atoms with Crippen molar-refractivity contribution < 1.29 is 23.6 Å². The first-order valence-electron chi connectivity index (χ1n) is 12.5. The lowest BCUT2D eigenvalue weighted by molar-refractivity contribution is -0.163. The Morgan fingerprint density at radius 3 is 2.11 bits per heavy atom. The zero-order chi connectivity index (χ0) is 27.2. The molecule has 7 nitrogen and oxygen atoms in total. The highest BCUT2D eigenvalue weighted by molar-refractivity contribution is 7.82. The van der Waals surface area contributed by atoms with Crippen LogP contribution in [0.25, 0.3) is 0 Å². The molecule has 2 aromatic carbocycles. The minimum atomic E-state index is -1.05. The summed E-state index contributed by atoms with van der Waals surface area (Å²) in [5.41, 5.74) is 1.01. The third-order valence-electron chi connectivity index (χ3n) is 6.23. The lowest BCUT2D eigenvalue weighted by Gasteiger charge is -2.44. The average Bonchev–Trinajstić information content (AvgIpc) is 3.45. The Morgan fingerprint density at radius 2 is 1.62 bits per heavy atom. The van der Waals surface area contributed by atoms with Crippen molar-refractivity contribution in [1.29, 1.82) is 0 Å². The number of benzene rings is 2. The number of hydrogen-bond acceptors (Lipinski definition) is 4. The summed E-state index contributed by atoms with van der Waals surface area (Å²) in [7, 11) is -1.05. The van der Waals surface area contributed by atoms with E-state index in [0.29, 0.717) is 23.8 Å². The lowest BCUT2D eigenvalue weighted by atomic mass is 9.99. The number of halogens is 2. The quantitative estimate of drug-likeness (QED) is 0.438. The molecule has 1 amide bonds. The van der Waals surface area contributed by atoms with Crippen molar-refractivity contribution in [3.8, 4) is 0 Å². The van der Waals surface area contributed by atoms with Crippen LogP contribution in [0.4, 0.5) is 0 Å². The number of carbonyl (C=O) groups is 2. The SMILES string of the molecule is CC[C@@H](CS(=O)N1CCCC1)N1C(=O)[C@@H](CC)OC[C@H]1c1ccc(Cl)cc1.Clc1ccccc1.O=CO. The van der Waals surface area contributed by atoms with Crippen LogP contribution in [0, 0.1) is 0 Å². The van der Waals surface area contributed by atoms with Crippen LogP contribution in [0.1, 0.15) is 51.1 Å². The molecular weight excluding hydrogens is 535 g/mol. The summed E-state index contributed by atoms with van der Waals surface area (Å²) in [6.45, 7) is 6.01. The molecule has 0 saturated carbocycles. The molecule has 204 valence electrons. The number of carboxylic acid groups (broad SMARTS) is 1. The molecule has 4 atom stereocenters. The monoisotopic (exact) mass is 570 g/mol. The first-order valence-corrected chi connectivity index (χ1v) is 14.5. The van der Waals surface area contributed by atoms with Gasteiger partial charge in [-0.2, -0.15) is 0 Å². The predicted octanol–water partition coefficient (Wildman–Crippen LogP) is 5.60. The van der Waals surface area contributed by atoms with Crippen LogP contribution in [0.5, 0.6) is 0 Å². The molecular formula is C27H36Cl2N2O5S. The van der Waals surface area contributed by atoms with Crippen molar-refractivity contribution in [2.24, 2.45) is 0 Å². The fourth-order valence-electron chi connectivity index (χ4n) is 4.32. The summed E-state index contributed by atoms with van der Waals surface area (Å²) in [6.07, 6.45) is 3.21. The Labute approximate surface area is 232 Å². The van der Waals surface area contributed by atoms with Gasteiger partial charge < -0.3 is 14.7 Å². The van der Waals surface area contributed by atoms with Gasteiger partial charge in [0.15, 0.2) is 0 Å². The molecule has 2 heterocycles. The van der Waals surface area contributed by atoms with Gasteiger partial charge >= 0.3 is 0 Å². The fourth-order valence-corrected chi connectivity index (χ4v) is 6.19. The number of ether oxygens (including phenoxy) is 1. The van der Waals surface area contributed by atoms with Gasteiger partial charge in [-0.1, -0.05) is 67.4 Å². The van der Waals surface area contributed by atoms with Crippen LogP contribution < -0.4 is 0 Å². The van der Waals surface area contributed by atoms with E-state index in [1.165, 1.54) is 0 Å². The molecule has 1 N–H and O–H groups in total. The number of carbonyl (C=O) groups excluding carboxylic acids is 1. The standard InChI is InChI=1S/C20H29ClN2O3S.C6H5Cl.CH2O2/c1-3-17(14-27(25)22-11-5-6-12-22)23-18(13-26-19(4-2)20(23)24)15-7-9-16(21)10-8-15;7-6-4-2-1-3-5-6;2-1-3/h7-10,17-19H,3-6,11-14H2,1-2H3;1-5H;1H,(H,2,3)/t17-,18-,19+,27?;;/m0../s1. The van der Waals surface area contributed by atoms with Gasteiger partial charge in [-0.3, -0.25) is 9.59 Å². The Kier molecular flexibility index (Phi) is 14.2. The molecule has 10 heteroatoms. The molecule has 0 aliphatic carbocycles. The van der Waals surface area contributed by atoms with E-state index in [4.69, 9.17) is 37.8 Å². The molecule has 0 bridgehead atoms. The molecule has 2 aromatic rings. The smallest absolute Gasteiger partial charge is 0.290 e. The molecule has 2 aliphatic heterocycles. The molecule has 0 aromatic heterocycles. The lowest BCUT2D eigenvalue weighted by Crippen LogP contribution is -2.55. The van der Waals surface area contributed by atoms with E-state index < -0.39 is 17.1 Å². The summed E-state index contributed by atoms with van der Waals surface area (Å²) in [5, 5.41) is 8.35. The number of nitrogens with zero attached hydrogens (tertiary/aromatic N) is 2. The Morgan fingerprint density at radius 1 is 1.05 bits per heavy atom. The van der Waals surface area contributed by atoms with Crippen molar-refractivity contribution in [3.63, 3.8) is 0 Å². The third-order valence-corrected chi connectivity index (χ3v) is 8.35. The summed E-state index contributed by atoms with van der Waals surface area (Å²) in [6, 6.07) is 16.8. The van der Waals surface area contributed by atoms with E-state index >= 15 is 0 Å². The van der Waals surface area contributed by atoms with Crippen molar-refractivity contribution in [1.82, 2.24) is 9.21 Å². The summed E-state index contributed by atoms with van der Waals surface area (Å²) in [5.74, 6) is 0.497. The van der Waals surface area contributed by atoms with Crippen molar-refractivity contribution in [3.05, 3.63) is 70.2 Å². The highest BCUT2D eigenvalue weighted by Gasteiger charge is 2.40. The van der Waals surface area contributed by atoms with E-state index in [0.717, 1.165) is 42.9 Å². The first kappa shape index (κ1) is 31.2. The minimum Gasteiger partial charge on any atom is -0.483 e. The van der Waals surface area contributed by atoms with Gasteiger partial charge in [0.2, 0.25) is 0 Å². The van der Waals surface area contributed by atoms with Gasteiger partial charge in [-0.15, -0.1) is 0 Å². The molecule has 2 saturated heterocycles. The second-order valence-corrected chi connectivity index (χ2v) is 11.0. The summed E-state index contributed by atoms with van der Waals surface area (Å²) >= 11 is 11.6. The van der Waals surface area contributed by atoms with Crippen LogP contribution in [-0.4, -0.2) is 68.5 Å². The molecule has 0 radical (unpaired) electrons. The van der Waals surface area contributed by atoms with Crippen LogP contribution in [0.3, 0.4) is 0 Å². The molecule has 1 unspecified atom stereocenters. The van der Waals surface area contributed by atoms with Crippen LogP contribution >= 0.6 is 23.2 Å². The Balaban J connectivity index is 0.000000404. The maximum Gasteiger partial charge on any atom is 0.290 e. The van der Waals surface area contributed by atoms with E-state index in [2.05, 4.69) is 6.92 Å². The summed E-state index contributed by atoms with van der Waals surface area (Å²) in [4.78, 5) is 23.5. The van der Waals surface area contributed by atoms with Crippen LogP contribution in [0.15, 0.2) is 54.6 Å². The second-order valence-electron chi connectivity index (χ2n) is 8.63. The molecule has 4 rings (SSSR count). The minimum absolute atomic E-state index is 0.00831. The molecule has 2 fully saturated rings. The summed E-state index contributed by atoms with van der Waals surface area (Å²) < 4.78 is 20.8. The Bertz CT molecular complexity index is 975. The first-order chi connectivity index (χ1) is 17.9. The molecule has 2 aliphatic rings. The Hall–Kier alpha value is -1.97. The third kappa shape index (κ3) is 9.69. The zero-order valence-corrected chi connectivity index (χ0v) is 23.6. The van der Waals surface area contributed by atoms with E-state index in [1.807, 2.05) is 70.7 Å². The van der Waals surface area contributed by atoms with Gasteiger partial charge in [-0.25, -0.2) is 8.51 Å². The normalized spacial score (nSPS) is 21.2. The number of hydrogen-bond donors (Lipinski definition) is 1. The average molecular weight is 572 g/mol. The number of morpholine rings is 1. The van der Waals surface area contributed by atoms with Crippen molar-refractivity contribution in [2.45, 2.75) is 57.7 Å². The molecule has 37 heavy (non-hydrogen) atoms. The second kappa shape index (κ2) is 16.8.